The van der Waals surface area contributed by atoms with Crippen molar-refractivity contribution in [3.8, 4) is 0 Å². The molecule has 1 aromatic heterocycles. The molecule has 1 aliphatic rings. The molecule has 1 aromatic rings. The first-order chi connectivity index (χ1) is 8.61. The van der Waals surface area contributed by atoms with Crippen LogP contribution in [-0.2, 0) is 0 Å². The molecular weight excluding hydrogens is 230 g/mol. The Kier molecular flexibility index (Phi) is 3.79. The quantitative estimate of drug-likeness (QED) is 0.889. The van der Waals surface area contributed by atoms with E-state index >= 15 is 0 Å². The van der Waals surface area contributed by atoms with Gasteiger partial charge in [-0.3, -0.25) is 0 Å². The zero-order valence-corrected chi connectivity index (χ0v) is 10.8. The van der Waals surface area contributed by atoms with Crippen molar-refractivity contribution in [1.29, 1.82) is 0 Å². The van der Waals surface area contributed by atoms with Gasteiger partial charge in [0.2, 0.25) is 0 Å². The monoisotopic (exact) mass is 249 g/mol. The number of carbonyl (C=O) groups is 1. The standard InChI is InChI=1S/C13H19N3O2/c1-9-5-3-4-6-11(9)16(2)12-10(13(17)18)7-14-8-15-12/h7-9,11H,3-6H2,1-2H3,(H,17,18). The van der Waals surface area contributed by atoms with Crippen molar-refractivity contribution in [2.45, 2.75) is 38.6 Å². The number of hydrogen-bond donors (Lipinski definition) is 1. The number of aromatic nitrogens is 2. The second kappa shape index (κ2) is 5.33. The molecule has 5 heteroatoms. The Bertz CT molecular complexity index is 436. The van der Waals surface area contributed by atoms with Crippen molar-refractivity contribution in [3.63, 3.8) is 0 Å². The molecule has 0 spiro atoms. The molecule has 0 saturated heterocycles. The highest BCUT2D eigenvalue weighted by Crippen LogP contribution is 2.30. The summed E-state index contributed by atoms with van der Waals surface area (Å²) in [6.45, 7) is 2.22. The molecule has 0 amide bonds. The maximum Gasteiger partial charge on any atom is 0.341 e. The molecule has 0 bridgehead atoms. The third kappa shape index (κ3) is 2.44. The molecule has 5 nitrogen and oxygen atoms in total. The molecule has 1 N–H and O–H groups in total. The summed E-state index contributed by atoms with van der Waals surface area (Å²) in [6, 6.07) is 0.367. The molecule has 2 atom stereocenters. The van der Waals surface area contributed by atoms with Crippen LogP contribution in [0.2, 0.25) is 0 Å². The van der Waals surface area contributed by atoms with E-state index in [0.29, 0.717) is 17.8 Å². The van der Waals surface area contributed by atoms with Crippen molar-refractivity contribution in [2.75, 3.05) is 11.9 Å². The van der Waals surface area contributed by atoms with E-state index in [9.17, 15) is 9.90 Å². The highest BCUT2D eigenvalue weighted by molar-refractivity contribution is 5.92. The van der Waals surface area contributed by atoms with Crippen molar-refractivity contribution in [3.05, 3.63) is 18.1 Å². The molecule has 0 radical (unpaired) electrons. The number of hydrogen-bond acceptors (Lipinski definition) is 4. The largest absolute Gasteiger partial charge is 0.477 e. The van der Waals surface area contributed by atoms with Crippen molar-refractivity contribution >= 4 is 11.8 Å². The predicted octanol–water partition coefficient (Wildman–Crippen LogP) is 2.19. The lowest BCUT2D eigenvalue weighted by Crippen LogP contribution is -2.40. The molecule has 18 heavy (non-hydrogen) atoms. The van der Waals surface area contributed by atoms with Gasteiger partial charge in [0.25, 0.3) is 0 Å². The Hall–Kier alpha value is -1.65. The molecule has 1 heterocycles. The van der Waals surface area contributed by atoms with E-state index in [4.69, 9.17) is 0 Å². The number of anilines is 1. The average molecular weight is 249 g/mol. The van der Waals surface area contributed by atoms with Gasteiger partial charge in [-0.25, -0.2) is 14.8 Å². The van der Waals surface area contributed by atoms with Crippen LogP contribution in [0.3, 0.4) is 0 Å². The third-order valence-corrected chi connectivity index (χ3v) is 3.82. The first kappa shape index (κ1) is 12.8. The third-order valence-electron chi connectivity index (χ3n) is 3.82. The molecule has 2 unspecified atom stereocenters. The maximum atomic E-state index is 11.2. The molecule has 1 saturated carbocycles. The van der Waals surface area contributed by atoms with E-state index in [1.165, 1.54) is 31.8 Å². The Labute approximate surface area is 107 Å². The minimum atomic E-state index is -0.971. The van der Waals surface area contributed by atoms with E-state index < -0.39 is 5.97 Å². The number of carboxylic acids is 1. The van der Waals surface area contributed by atoms with Gasteiger partial charge in [0.1, 0.15) is 17.7 Å². The van der Waals surface area contributed by atoms with E-state index in [-0.39, 0.29) is 5.56 Å². The van der Waals surface area contributed by atoms with Gasteiger partial charge in [0.15, 0.2) is 0 Å². The Morgan fingerprint density at radius 3 is 2.83 bits per heavy atom. The first-order valence-electron chi connectivity index (χ1n) is 6.37. The highest BCUT2D eigenvalue weighted by atomic mass is 16.4. The fraction of sp³-hybridized carbons (Fsp3) is 0.615. The molecule has 98 valence electrons. The van der Waals surface area contributed by atoms with Gasteiger partial charge in [-0.05, 0) is 18.8 Å². The zero-order valence-electron chi connectivity index (χ0n) is 10.8. The van der Waals surface area contributed by atoms with Crippen LogP contribution in [0.15, 0.2) is 12.5 Å². The molecule has 0 aromatic carbocycles. The van der Waals surface area contributed by atoms with Crippen LogP contribution in [0.1, 0.15) is 43.0 Å². The average Bonchev–Trinajstić information content (AvgIpc) is 2.38. The number of nitrogens with zero attached hydrogens (tertiary/aromatic N) is 3. The van der Waals surface area contributed by atoms with Crippen LogP contribution in [0.25, 0.3) is 0 Å². The van der Waals surface area contributed by atoms with E-state index in [1.54, 1.807) is 0 Å². The summed E-state index contributed by atoms with van der Waals surface area (Å²) in [7, 11) is 1.93. The lowest BCUT2D eigenvalue weighted by Gasteiger charge is -2.37. The van der Waals surface area contributed by atoms with Crippen LogP contribution in [0.5, 0.6) is 0 Å². The fourth-order valence-electron chi connectivity index (χ4n) is 2.78. The lowest BCUT2D eigenvalue weighted by molar-refractivity contribution is 0.0696. The summed E-state index contributed by atoms with van der Waals surface area (Å²) in [6.07, 6.45) is 7.54. The minimum absolute atomic E-state index is 0.178. The van der Waals surface area contributed by atoms with Gasteiger partial charge in [0, 0.05) is 19.3 Å². The van der Waals surface area contributed by atoms with Gasteiger partial charge in [0.05, 0.1) is 0 Å². The van der Waals surface area contributed by atoms with Gasteiger partial charge >= 0.3 is 5.97 Å². The lowest BCUT2D eigenvalue weighted by atomic mass is 9.85. The number of aromatic carboxylic acids is 1. The van der Waals surface area contributed by atoms with Crippen LogP contribution in [0.4, 0.5) is 5.82 Å². The highest BCUT2D eigenvalue weighted by Gasteiger charge is 2.28. The second-order valence-corrected chi connectivity index (χ2v) is 5.01. The number of carboxylic acid groups (broad SMARTS) is 1. The smallest absolute Gasteiger partial charge is 0.341 e. The van der Waals surface area contributed by atoms with Crippen LogP contribution < -0.4 is 4.90 Å². The molecule has 2 rings (SSSR count). The van der Waals surface area contributed by atoms with Gasteiger partial charge in [-0.15, -0.1) is 0 Å². The first-order valence-corrected chi connectivity index (χ1v) is 6.37. The van der Waals surface area contributed by atoms with E-state index in [2.05, 4.69) is 16.9 Å². The Morgan fingerprint density at radius 1 is 1.44 bits per heavy atom. The predicted molar refractivity (Wildman–Crippen MR) is 68.8 cm³/mol. The molecule has 1 fully saturated rings. The van der Waals surface area contributed by atoms with Gasteiger partial charge in [-0.2, -0.15) is 0 Å². The normalized spacial score (nSPS) is 23.7. The van der Waals surface area contributed by atoms with E-state index in [1.807, 2.05) is 11.9 Å². The minimum Gasteiger partial charge on any atom is -0.477 e. The fourth-order valence-corrected chi connectivity index (χ4v) is 2.78. The summed E-state index contributed by atoms with van der Waals surface area (Å²) in [5.41, 5.74) is 0.178. The van der Waals surface area contributed by atoms with Gasteiger partial charge < -0.3 is 10.0 Å². The number of rotatable bonds is 3. The van der Waals surface area contributed by atoms with Crippen molar-refractivity contribution in [1.82, 2.24) is 9.97 Å². The SMILES string of the molecule is CC1CCCCC1N(C)c1ncncc1C(=O)O. The van der Waals surface area contributed by atoms with Crippen molar-refractivity contribution in [2.24, 2.45) is 5.92 Å². The maximum absolute atomic E-state index is 11.2. The van der Waals surface area contributed by atoms with Gasteiger partial charge in [-0.1, -0.05) is 19.8 Å². The Morgan fingerprint density at radius 2 is 2.17 bits per heavy atom. The molecule has 0 aliphatic heterocycles. The van der Waals surface area contributed by atoms with Crippen LogP contribution >= 0.6 is 0 Å². The summed E-state index contributed by atoms with van der Waals surface area (Å²) in [5.74, 6) is 0.123. The van der Waals surface area contributed by atoms with Crippen LogP contribution in [0, 0.1) is 5.92 Å². The molecular formula is C13H19N3O2. The summed E-state index contributed by atoms with van der Waals surface area (Å²) in [4.78, 5) is 21.1. The summed E-state index contributed by atoms with van der Waals surface area (Å²) in [5, 5.41) is 9.17. The summed E-state index contributed by atoms with van der Waals surface area (Å²) < 4.78 is 0. The zero-order chi connectivity index (χ0) is 13.1. The Balaban J connectivity index is 2.27. The summed E-state index contributed by atoms with van der Waals surface area (Å²) >= 11 is 0. The van der Waals surface area contributed by atoms with Crippen molar-refractivity contribution < 1.29 is 9.90 Å². The molecule has 1 aliphatic carbocycles. The van der Waals surface area contributed by atoms with Crippen LogP contribution in [-0.4, -0.2) is 34.1 Å². The topological polar surface area (TPSA) is 66.3 Å². The van der Waals surface area contributed by atoms with E-state index in [0.717, 1.165) is 6.42 Å². The second-order valence-electron chi connectivity index (χ2n) is 5.01.